The maximum Gasteiger partial charge on any atom is 0.336 e. The highest BCUT2D eigenvalue weighted by molar-refractivity contribution is 6.30. The minimum Gasteiger partial charge on any atom is -0.463 e. The van der Waals surface area contributed by atoms with Crippen molar-refractivity contribution in [3.8, 4) is 0 Å². The highest BCUT2D eigenvalue weighted by Crippen LogP contribution is 2.45. The van der Waals surface area contributed by atoms with Crippen LogP contribution in [-0.2, 0) is 14.3 Å². The molecule has 0 aromatic heterocycles. The Hall–Kier alpha value is -2.92. The molecule has 2 aromatic rings. The monoisotopic (exact) mass is 439 g/mol. The van der Waals surface area contributed by atoms with Crippen LogP contribution in [0.5, 0.6) is 0 Å². The predicted molar refractivity (Wildman–Crippen MR) is 117 cm³/mol. The van der Waals surface area contributed by atoms with Gasteiger partial charge in [-0.05, 0) is 61.6 Å². The number of carbonyl (C=O) groups excluding carboxylic acids is 2. The molecule has 6 heteroatoms. The summed E-state index contributed by atoms with van der Waals surface area (Å²) in [7, 11) is 0. The molecule has 0 saturated heterocycles. The van der Waals surface area contributed by atoms with E-state index in [1.807, 2.05) is 31.2 Å². The van der Waals surface area contributed by atoms with Crippen LogP contribution in [0.2, 0.25) is 5.02 Å². The second kappa shape index (κ2) is 8.67. The SMILES string of the molecule is CCOC(=O)C1=C(C)NC2=C(C(=O)C[C@@H](c3ccc(Cl)cc3)C2)[C@@H]1c1ccc(F)cc1. The average molecular weight is 440 g/mol. The first kappa shape index (κ1) is 21.3. The van der Waals surface area contributed by atoms with E-state index in [2.05, 4.69) is 5.32 Å². The molecule has 1 N–H and O–H groups in total. The van der Waals surface area contributed by atoms with Gasteiger partial charge in [0.25, 0.3) is 0 Å². The van der Waals surface area contributed by atoms with Crippen LogP contribution >= 0.6 is 11.6 Å². The second-order valence-corrected chi connectivity index (χ2v) is 8.28. The molecular formula is C25H23ClFNO3. The number of rotatable bonds is 4. The Morgan fingerprint density at radius 2 is 1.74 bits per heavy atom. The van der Waals surface area contributed by atoms with Gasteiger partial charge in [0.2, 0.25) is 0 Å². The van der Waals surface area contributed by atoms with Gasteiger partial charge in [-0.3, -0.25) is 4.79 Å². The summed E-state index contributed by atoms with van der Waals surface area (Å²) in [5.74, 6) is -1.45. The van der Waals surface area contributed by atoms with Gasteiger partial charge < -0.3 is 10.1 Å². The third kappa shape index (κ3) is 4.15. The van der Waals surface area contributed by atoms with Crippen molar-refractivity contribution in [3.05, 3.63) is 93.0 Å². The number of allylic oxidation sites excluding steroid dienone is 3. The number of benzene rings is 2. The van der Waals surface area contributed by atoms with Gasteiger partial charge >= 0.3 is 5.97 Å². The first-order valence-electron chi connectivity index (χ1n) is 10.3. The second-order valence-electron chi connectivity index (χ2n) is 7.84. The lowest BCUT2D eigenvalue weighted by Gasteiger charge is -2.36. The number of dihydropyridines is 1. The summed E-state index contributed by atoms with van der Waals surface area (Å²) in [6.07, 6.45) is 0.961. The third-order valence-electron chi connectivity index (χ3n) is 5.87. The van der Waals surface area contributed by atoms with E-state index in [9.17, 15) is 14.0 Å². The first-order chi connectivity index (χ1) is 14.9. The molecule has 1 aliphatic heterocycles. The highest BCUT2D eigenvalue weighted by atomic mass is 35.5. The standard InChI is InChI=1S/C25H23ClFNO3/c1-3-31-25(30)22-14(2)28-20-12-17(15-4-8-18(26)9-5-15)13-21(29)24(20)23(22)16-6-10-19(27)11-7-16/h4-11,17,23,28H,3,12-13H2,1-2H3/t17-,23+/m0/s1. The van der Waals surface area contributed by atoms with E-state index < -0.39 is 11.9 Å². The minimum atomic E-state index is -0.588. The molecule has 0 saturated carbocycles. The van der Waals surface area contributed by atoms with Crippen molar-refractivity contribution in [2.75, 3.05) is 6.61 Å². The Bertz CT molecular complexity index is 1090. The number of nitrogens with one attached hydrogen (secondary N) is 1. The number of ether oxygens (including phenoxy) is 1. The molecule has 0 radical (unpaired) electrons. The Kier molecular flexibility index (Phi) is 5.96. The fraction of sp³-hybridized carbons (Fsp3) is 0.280. The quantitative estimate of drug-likeness (QED) is 0.648. The molecule has 2 aliphatic rings. The van der Waals surface area contributed by atoms with E-state index >= 15 is 0 Å². The Morgan fingerprint density at radius 3 is 2.39 bits per heavy atom. The molecule has 1 aliphatic carbocycles. The van der Waals surface area contributed by atoms with Gasteiger partial charge in [0.15, 0.2) is 5.78 Å². The van der Waals surface area contributed by atoms with Crippen LogP contribution in [0.3, 0.4) is 0 Å². The van der Waals surface area contributed by atoms with E-state index in [1.54, 1.807) is 19.1 Å². The van der Waals surface area contributed by atoms with Crippen molar-refractivity contribution in [1.82, 2.24) is 5.32 Å². The molecular weight excluding hydrogens is 417 g/mol. The maximum atomic E-state index is 13.6. The van der Waals surface area contributed by atoms with Crippen molar-refractivity contribution in [2.24, 2.45) is 0 Å². The van der Waals surface area contributed by atoms with Crippen LogP contribution < -0.4 is 5.32 Å². The zero-order valence-electron chi connectivity index (χ0n) is 17.4. The van der Waals surface area contributed by atoms with Gasteiger partial charge in [-0.1, -0.05) is 35.9 Å². The van der Waals surface area contributed by atoms with E-state index in [4.69, 9.17) is 16.3 Å². The fourth-order valence-corrected chi connectivity index (χ4v) is 4.60. The van der Waals surface area contributed by atoms with E-state index in [0.29, 0.717) is 40.3 Å². The third-order valence-corrected chi connectivity index (χ3v) is 6.12. The number of Topliss-reactive ketones (excluding diaryl/α,β-unsaturated/α-hetero) is 1. The molecule has 0 amide bonds. The summed E-state index contributed by atoms with van der Waals surface area (Å²) < 4.78 is 18.9. The van der Waals surface area contributed by atoms with Crippen molar-refractivity contribution in [2.45, 2.75) is 38.5 Å². The lowest BCUT2D eigenvalue weighted by Crippen LogP contribution is -2.36. The van der Waals surface area contributed by atoms with Crippen LogP contribution in [0.25, 0.3) is 0 Å². The summed E-state index contributed by atoms with van der Waals surface area (Å²) in [6, 6.07) is 13.5. The molecule has 1 heterocycles. The van der Waals surface area contributed by atoms with Crippen LogP contribution in [0, 0.1) is 5.82 Å². The number of hydrogen-bond donors (Lipinski definition) is 1. The smallest absolute Gasteiger partial charge is 0.336 e. The zero-order chi connectivity index (χ0) is 22.1. The molecule has 0 spiro atoms. The Balaban J connectivity index is 1.78. The van der Waals surface area contributed by atoms with Crippen molar-refractivity contribution in [1.29, 1.82) is 0 Å². The Morgan fingerprint density at radius 1 is 1.10 bits per heavy atom. The summed E-state index contributed by atoms with van der Waals surface area (Å²) in [5, 5.41) is 3.95. The average Bonchev–Trinajstić information content (AvgIpc) is 2.74. The summed E-state index contributed by atoms with van der Waals surface area (Å²) >= 11 is 6.01. The molecule has 0 fully saturated rings. The predicted octanol–water partition coefficient (Wildman–Crippen LogP) is 5.40. The van der Waals surface area contributed by atoms with Gasteiger partial charge in [0.05, 0.1) is 12.2 Å². The number of halogens is 2. The first-order valence-corrected chi connectivity index (χ1v) is 10.7. The van der Waals surface area contributed by atoms with Crippen molar-refractivity contribution in [3.63, 3.8) is 0 Å². The van der Waals surface area contributed by atoms with Crippen LogP contribution in [0.4, 0.5) is 4.39 Å². The van der Waals surface area contributed by atoms with Crippen molar-refractivity contribution >= 4 is 23.4 Å². The highest BCUT2D eigenvalue weighted by Gasteiger charge is 2.41. The number of hydrogen-bond acceptors (Lipinski definition) is 4. The van der Waals surface area contributed by atoms with Gasteiger partial charge in [0, 0.05) is 34.3 Å². The number of ketones is 1. The lowest BCUT2D eigenvalue weighted by molar-refractivity contribution is -0.138. The van der Waals surface area contributed by atoms with Gasteiger partial charge in [-0.2, -0.15) is 0 Å². The summed E-state index contributed by atoms with van der Waals surface area (Å²) in [4.78, 5) is 26.2. The molecule has 4 rings (SSSR count). The molecule has 31 heavy (non-hydrogen) atoms. The van der Waals surface area contributed by atoms with E-state index in [1.165, 1.54) is 12.1 Å². The van der Waals surface area contributed by atoms with E-state index in [0.717, 1.165) is 11.3 Å². The van der Waals surface area contributed by atoms with E-state index in [-0.39, 0.29) is 24.1 Å². The summed E-state index contributed by atoms with van der Waals surface area (Å²) in [6.45, 7) is 3.78. The minimum absolute atomic E-state index is 0.0156. The molecule has 2 aromatic carbocycles. The number of esters is 1. The lowest BCUT2D eigenvalue weighted by atomic mass is 9.72. The number of carbonyl (C=O) groups is 2. The Labute approximate surface area is 185 Å². The molecule has 4 nitrogen and oxygen atoms in total. The van der Waals surface area contributed by atoms with Gasteiger partial charge in [-0.15, -0.1) is 0 Å². The van der Waals surface area contributed by atoms with Crippen LogP contribution in [0.15, 0.2) is 71.1 Å². The zero-order valence-corrected chi connectivity index (χ0v) is 18.1. The van der Waals surface area contributed by atoms with Crippen molar-refractivity contribution < 1.29 is 18.7 Å². The normalized spacial score (nSPS) is 21.0. The molecule has 160 valence electrons. The van der Waals surface area contributed by atoms with Crippen LogP contribution in [0.1, 0.15) is 49.7 Å². The largest absolute Gasteiger partial charge is 0.463 e. The van der Waals surface area contributed by atoms with Crippen LogP contribution in [-0.4, -0.2) is 18.4 Å². The molecule has 0 unspecified atom stereocenters. The molecule has 0 bridgehead atoms. The topological polar surface area (TPSA) is 55.4 Å². The summed E-state index contributed by atoms with van der Waals surface area (Å²) in [5.41, 5.74) is 4.14. The van der Waals surface area contributed by atoms with Gasteiger partial charge in [-0.25, -0.2) is 9.18 Å². The fourth-order valence-electron chi connectivity index (χ4n) is 4.48. The van der Waals surface area contributed by atoms with Gasteiger partial charge in [0.1, 0.15) is 5.82 Å². The maximum absolute atomic E-state index is 13.6. The molecule has 2 atom stereocenters.